The molecular weight excluding hydrogens is 207 g/mol. The van der Waals surface area contributed by atoms with E-state index in [1.165, 1.54) is 0 Å². The second-order valence-electron chi connectivity index (χ2n) is 4.12. The van der Waals surface area contributed by atoms with Crippen molar-refractivity contribution in [3.05, 3.63) is 24.4 Å². The third-order valence-electron chi connectivity index (χ3n) is 2.97. The van der Waals surface area contributed by atoms with Gasteiger partial charge in [0.25, 0.3) is 0 Å². The third-order valence-corrected chi connectivity index (χ3v) is 2.97. The zero-order valence-electron chi connectivity index (χ0n) is 9.36. The molecule has 0 aromatic carbocycles. The lowest BCUT2D eigenvalue weighted by Crippen LogP contribution is -2.41. The summed E-state index contributed by atoms with van der Waals surface area (Å²) < 4.78 is 18.0. The summed E-state index contributed by atoms with van der Waals surface area (Å²) in [4.78, 5) is 2.15. The molecule has 4 heteroatoms. The SMILES string of the molecule is FCCN1CCC(OC2C=C[C]=CN2)CC1. The fraction of sp³-hybridized carbons (Fsp3) is 0.667. The Bertz CT molecular complexity index is 260. The zero-order chi connectivity index (χ0) is 11.2. The molecule has 1 atom stereocenters. The first-order valence-electron chi connectivity index (χ1n) is 5.83. The molecular formula is C12H18FN2O. The number of halogens is 1. The van der Waals surface area contributed by atoms with Crippen LogP contribution in [0.1, 0.15) is 12.8 Å². The van der Waals surface area contributed by atoms with Crippen molar-refractivity contribution in [3.8, 4) is 0 Å². The van der Waals surface area contributed by atoms with Gasteiger partial charge < -0.3 is 15.0 Å². The second-order valence-corrected chi connectivity index (χ2v) is 4.12. The highest BCUT2D eigenvalue weighted by Gasteiger charge is 2.21. The van der Waals surface area contributed by atoms with Gasteiger partial charge in [0.1, 0.15) is 12.9 Å². The Labute approximate surface area is 96.0 Å². The number of dihydropyridines is 1. The van der Waals surface area contributed by atoms with Crippen molar-refractivity contribution < 1.29 is 9.13 Å². The Balaban J connectivity index is 1.69. The van der Waals surface area contributed by atoms with Gasteiger partial charge in [-0.05, 0) is 25.0 Å². The van der Waals surface area contributed by atoms with Crippen LogP contribution >= 0.6 is 0 Å². The van der Waals surface area contributed by atoms with Crippen molar-refractivity contribution in [3.63, 3.8) is 0 Å². The Morgan fingerprint density at radius 3 is 2.88 bits per heavy atom. The van der Waals surface area contributed by atoms with Gasteiger partial charge in [0.15, 0.2) is 0 Å². The molecule has 16 heavy (non-hydrogen) atoms. The molecule has 1 unspecified atom stereocenters. The summed E-state index contributed by atoms with van der Waals surface area (Å²) >= 11 is 0. The molecule has 2 heterocycles. The molecule has 1 N–H and O–H groups in total. The number of hydrogen-bond acceptors (Lipinski definition) is 3. The van der Waals surface area contributed by atoms with Gasteiger partial charge in [0, 0.05) is 25.8 Å². The molecule has 0 saturated carbocycles. The molecule has 0 aliphatic carbocycles. The van der Waals surface area contributed by atoms with E-state index in [2.05, 4.69) is 16.3 Å². The van der Waals surface area contributed by atoms with Crippen LogP contribution in [0.5, 0.6) is 0 Å². The number of rotatable bonds is 4. The van der Waals surface area contributed by atoms with E-state index in [9.17, 15) is 4.39 Å². The van der Waals surface area contributed by atoms with Gasteiger partial charge in [-0.3, -0.25) is 0 Å². The molecule has 0 spiro atoms. The maximum Gasteiger partial charge on any atom is 0.147 e. The van der Waals surface area contributed by atoms with Gasteiger partial charge in [-0.2, -0.15) is 0 Å². The molecule has 1 fully saturated rings. The average Bonchev–Trinajstić information content (AvgIpc) is 2.33. The maximum atomic E-state index is 12.1. The van der Waals surface area contributed by atoms with Crippen LogP contribution in [0.3, 0.4) is 0 Å². The van der Waals surface area contributed by atoms with Crippen molar-refractivity contribution in [2.75, 3.05) is 26.3 Å². The van der Waals surface area contributed by atoms with Crippen molar-refractivity contribution in [2.24, 2.45) is 0 Å². The first kappa shape index (κ1) is 11.6. The summed E-state index contributed by atoms with van der Waals surface area (Å²) in [6.45, 7) is 2.19. The van der Waals surface area contributed by atoms with Crippen LogP contribution in [0, 0.1) is 6.08 Å². The number of likely N-dealkylation sites (tertiary alicyclic amines) is 1. The minimum atomic E-state index is -0.251. The van der Waals surface area contributed by atoms with Crippen molar-refractivity contribution in [1.82, 2.24) is 10.2 Å². The molecule has 0 aromatic heterocycles. The number of piperidine rings is 1. The van der Waals surface area contributed by atoms with E-state index in [0.29, 0.717) is 6.54 Å². The van der Waals surface area contributed by atoms with E-state index in [4.69, 9.17) is 4.74 Å². The molecule has 2 rings (SSSR count). The van der Waals surface area contributed by atoms with Crippen molar-refractivity contribution in [1.29, 1.82) is 0 Å². The maximum absolute atomic E-state index is 12.1. The number of allylic oxidation sites excluding steroid dienone is 2. The molecule has 1 saturated heterocycles. The summed E-state index contributed by atoms with van der Waals surface area (Å²) in [5.41, 5.74) is 0. The summed E-state index contributed by atoms with van der Waals surface area (Å²) in [7, 11) is 0. The van der Waals surface area contributed by atoms with Crippen LogP contribution in [0.25, 0.3) is 0 Å². The molecule has 3 nitrogen and oxygen atoms in total. The van der Waals surface area contributed by atoms with Crippen molar-refractivity contribution in [2.45, 2.75) is 25.2 Å². The molecule has 1 radical (unpaired) electrons. The van der Waals surface area contributed by atoms with E-state index in [1.54, 1.807) is 6.20 Å². The minimum absolute atomic E-state index is 0.0287. The quantitative estimate of drug-likeness (QED) is 0.779. The van der Waals surface area contributed by atoms with Gasteiger partial charge in [0.2, 0.25) is 0 Å². The van der Waals surface area contributed by atoms with Crippen LogP contribution < -0.4 is 5.32 Å². The van der Waals surface area contributed by atoms with E-state index in [0.717, 1.165) is 25.9 Å². The van der Waals surface area contributed by atoms with E-state index in [1.807, 2.05) is 12.2 Å². The lowest BCUT2D eigenvalue weighted by atomic mass is 10.1. The number of ether oxygens (including phenoxy) is 1. The Kier molecular flexibility index (Phi) is 4.36. The highest BCUT2D eigenvalue weighted by molar-refractivity contribution is 5.04. The molecule has 2 aliphatic rings. The van der Waals surface area contributed by atoms with Gasteiger partial charge in [0.05, 0.1) is 6.10 Å². The minimum Gasteiger partial charge on any atom is -0.362 e. The topological polar surface area (TPSA) is 24.5 Å². The monoisotopic (exact) mass is 225 g/mol. The Morgan fingerprint density at radius 1 is 1.44 bits per heavy atom. The van der Waals surface area contributed by atoms with E-state index < -0.39 is 0 Å². The zero-order valence-corrected chi connectivity index (χ0v) is 9.36. The average molecular weight is 225 g/mol. The van der Waals surface area contributed by atoms with Crippen LogP contribution in [-0.4, -0.2) is 43.5 Å². The summed E-state index contributed by atoms with van der Waals surface area (Å²) in [6, 6.07) is 0. The fourth-order valence-corrected chi connectivity index (χ4v) is 2.06. The standard InChI is InChI=1S/C12H18FN2O/c13-6-10-15-8-4-11(5-9-15)16-12-3-1-2-7-14-12/h1,3,7,11-12,14H,4-6,8-10H2. The Morgan fingerprint density at radius 2 is 2.25 bits per heavy atom. The lowest BCUT2D eigenvalue weighted by molar-refractivity contribution is -0.0313. The number of alkyl halides is 1. The van der Waals surface area contributed by atoms with Crippen LogP contribution in [0.2, 0.25) is 0 Å². The van der Waals surface area contributed by atoms with Gasteiger partial charge in [-0.1, -0.05) is 6.08 Å². The van der Waals surface area contributed by atoms with Gasteiger partial charge in [-0.15, -0.1) is 0 Å². The van der Waals surface area contributed by atoms with E-state index >= 15 is 0 Å². The van der Waals surface area contributed by atoms with Crippen molar-refractivity contribution >= 4 is 0 Å². The number of nitrogens with zero attached hydrogens (tertiary/aromatic N) is 1. The highest BCUT2D eigenvalue weighted by Crippen LogP contribution is 2.15. The smallest absolute Gasteiger partial charge is 0.147 e. The lowest BCUT2D eigenvalue weighted by Gasteiger charge is -2.33. The predicted molar refractivity (Wildman–Crippen MR) is 60.4 cm³/mol. The first-order chi connectivity index (χ1) is 7.88. The Hall–Kier alpha value is -0.870. The molecule has 0 amide bonds. The van der Waals surface area contributed by atoms with E-state index in [-0.39, 0.29) is 19.0 Å². The molecule has 89 valence electrons. The summed E-state index contributed by atoms with van der Waals surface area (Å²) in [6.07, 6.45) is 10.7. The highest BCUT2D eigenvalue weighted by atomic mass is 19.1. The predicted octanol–water partition coefficient (Wildman–Crippen LogP) is 1.24. The molecule has 0 aromatic rings. The van der Waals surface area contributed by atoms with Crippen LogP contribution in [0.4, 0.5) is 4.39 Å². The largest absolute Gasteiger partial charge is 0.362 e. The number of nitrogens with one attached hydrogen (secondary N) is 1. The summed E-state index contributed by atoms with van der Waals surface area (Å²) in [5, 5.41) is 3.08. The first-order valence-corrected chi connectivity index (χ1v) is 5.83. The molecule has 2 aliphatic heterocycles. The van der Waals surface area contributed by atoms with Crippen LogP contribution in [0.15, 0.2) is 18.4 Å². The van der Waals surface area contributed by atoms with Gasteiger partial charge in [-0.25, -0.2) is 4.39 Å². The molecule has 0 bridgehead atoms. The fourth-order valence-electron chi connectivity index (χ4n) is 2.06. The third kappa shape index (κ3) is 3.32. The second kappa shape index (κ2) is 6.01. The summed E-state index contributed by atoms with van der Waals surface area (Å²) in [5.74, 6) is 0. The van der Waals surface area contributed by atoms with Gasteiger partial charge >= 0.3 is 0 Å². The number of hydrogen-bond donors (Lipinski definition) is 1. The normalized spacial score (nSPS) is 26.9. The van der Waals surface area contributed by atoms with Crippen LogP contribution in [-0.2, 0) is 4.74 Å².